The maximum Gasteiger partial charge on any atom is 0.274 e. The second kappa shape index (κ2) is 9.36. The summed E-state index contributed by atoms with van der Waals surface area (Å²) >= 11 is 1.50. The summed E-state index contributed by atoms with van der Waals surface area (Å²) in [4.78, 5) is 24.2. The van der Waals surface area contributed by atoms with Crippen molar-refractivity contribution in [1.29, 1.82) is 0 Å². The minimum absolute atomic E-state index is 0.139. The SMILES string of the molecule is O=C(Nc1nc(C2CCCN(c3ccccc3)C2)cs1)c1cccn1Cc1ccncc1. The molecule has 162 valence electrons. The van der Waals surface area contributed by atoms with E-state index in [-0.39, 0.29) is 5.91 Å². The van der Waals surface area contributed by atoms with E-state index in [1.54, 1.807) is 12.4 Å². The number of amides is 1. The van der Waals surface area contributed by atoms with Gasteiger partial charge < -0.3 is 9.47 Å². The van der Waals surface area contributed by atoms with E-state index in [4.69, 9.17) is 4.98 Å². The first-order valence-electron chi connectivity index (χ1n) is 10.9. The molecule has 1 N–H and O–H groups in total. The third kappa shape index (κ3) is 4.57. The molecule has 7 heteroatoms. The van der Waals surface area contributed by atoms with Crippen LogP contribution in [0.25, 0.3) is 0 Å². The Balaban J connectivity index is 1.25. The first-order valence-corrected chi connectivity index (χ1v) is 11.7. The van der Waals surface area contributed by atoms with E-state index < -0.39 is 0 Å². The summed E-state index contributed by atoms with van der Waals surface area (Å²) < 4.78 is 1.94. The molecule has 4 aromatic rings. The molecular formula is C25H25N5OS. The molecule has 1 saturated heterocycles. The molecule has 1 aromatic carbocycles. The zero-order valence-corrected chi connectivity index (χ0v) is 18.5. The lowest BCUT2D eigenvalue weighted by atomic mass is 9.95. The molecule has 32 heavy (non-hydrogen) atoms. The first kappa shape index (κ1) is 20.5. The monoisotopic (exact) mass is 443 g/mol. The molecule has 0 radical (unpaired) electrons. The Kier molecular flexibility index (Phi) is 5.98. The van der Waals surface area contributed by atoms with E-state index in [9.17, 15) is 4.79 Å². The van der Waals surface area contributed by atoms with E-state index >= 15 is 0 Å². The topological polar surface area (TPSA) is 63.1 Å². The van der Waals surface area contributed by atoms with Crippen molar-refractivity contribution in [3.05, 3.63) is 95.5 Å². The molecule has 0 spiro atoms. The maximum absolute atomic E-state index is 12.9. The number of aromatic nitrogens is 3. The van der Waals surface area contributed by atoms with E-state index in [2.05, 4.69) is 44.8 Å². The number of piperidine rings is 1. The molecule has 1 unspecified atom stereocenters. The molecule has 3 aromatic heterocycles. The van der Waals surface area contributed by atoms with Crippen molar-refractivity contribution < 1.29 is 4.79 Å². The number of para-hydroxylation sites is 1. The zero-order chi connectivity index (χ0) is 21.8. The fourth-order valence-corrected chi connectivity index (χ4v) is 5.01. The summed E-state index contributed by atoms with van der Waals surface area (Å²) in [5.74, 6) is 0.237. The smallest absolute Gasteiger partial charge is 0.274 e. The van der Waals surface area contributed by atoms with Crippen molar-refractivity contribution in [1.82, 2.24) is 14.5 Å². The summed E-state index contributed by atoms with van der Waals surface area (Å²) in [6.45, 7) is 2.65. The highest BCUT2D eigenvalue weighted by molar-refractivity contribution is 7.14. The van der Waals surface area contributed by atoms with E-state index in [0.29, 0.717) is 23.3 Å². The number of hydrogen-bond donors (Lipinski definition) is 1. The lowest BCUT2D eigenvalue weighted by Gasteiger charge is -2.33. The Hall–Kier alpha value is -3.45. The molecule has 1 aliphatic heterocycles. The van der Waals surface area contributed by atoms with Gasteiger partial charge in [-0.05, 0) is 54.8 Å². The Labute approximate surface area is 191 Å². The van der Waals surface area contributed by atoms with Crippen LogP contribution in [0.1, 0.15) is 40.5 Å². The van der Waals surface area contributed by atoms with Gasteiger partial charge in [0.1, 0.15) is 5.69 Å². The van der Waals surface area contributed by atoms with Crippen molar-refractivity contribution >= 4 is 28.1 Å². The van der Waals surface area contributed by atoms with E-state index in [1.165, 1.54) is 17.0 Å². The Morgan fingerprint density at radius 1 is 1.09 bits per heavy atom. The molecule has 1 atom stereocenters. The van der Waals surface area contributed by atoms with Gasteiger partial charge in [-0.15, -0.1) is 11.3 Å². The van der Waals surface area contributed by atoms with Gasteiger partial charge in [0.05, 0.1) is 5.69 Å². The molecule has 1 aliphatic rings. The van der Waals surface area contributed by atoms with Crippen molar-refractivity contribution in [3.63, 3.8) is 0 Å². The number of nitrogens with one attached hydrogen (secondary N) is 1. The number of rotatable bonds is 6. The molecule has 0 saturated carbocycles. The van der Waals surface area contributed by atoms with Gasteiger partial charge in [0.25, 0.3) is 5.91 Å². The lowest BCUT2D eigenvalue weighted by molar-refractivity contribution is 0.101. The molecule has 0 bridgehead atoms. The minimum atomic E-state index is -0.139. The molecule has 5 rings (SSSR count). The number of hydrogen-bond acceptors (Lipinski definition) is 5. The van der Waals surface area contributed by atoms with Gasteiger partial charge in [0.2, 0.25) is 0 Å². The Morgan fingerprint density at radius 3 is 2.78 bits per heavy atom. The fourth-order valence-electron chi connectivity index (χ4n) is 4.23. The second-order valence-corrected chi connectivity index (χ2v) is 8.89. The average molecular weight is 444 g/mol. The van der Waals surface area contributed by atoms with Crippen LogP contribution >= 0.6 is 11.3 Å². The number of anilines is 2. The number of pyridine rings is 1. The summed E-state index contributed by atoms with van der Waals surface area (Å²) in [5, 5.41) is 5.73. The van der Waals surface area contributed by atoms with Crippen LogP contribution in [0.5, 0.6) is 0 Å². The van der Waals surface area contributed by atoms with E-state index in [1.807, 2.05) is 41.1 Å². The van der Waals surface area contributed by atoms with Crippen LogP contribution in [0.2, 0.25) is 0 Å². The van der Waals surface area contributed by atoms with Gasteiger partial charge in [-0.25, -0.2) is 4.98 Å². The first-order chi connectivity index (χ1) is 15.8. The van der Waals surface area contributed by atoms with Crippen molar-refractivity contribution in [2.24, 2.45) is 0 Å². The highest BCUT2D eigenvalue weighted by atomic mass is 32.1. The third-order valence-electron chi connectivity index (χ3n) is 5.87. The highest BCUT2D eigenvalue weighted by Gasteiger charge is 2.24. The number of thiazole rings is 1. The molecule has 4 heterocycles. The van der Waals surface area contributed by atoms with Crippen LogP contribution in [0, 0.1) is 0 Å². The molecule has 1 fully saturated rings. The second-order valence-electron chi connectivity index (χ2n) is 8.03. The zero-order valence-electron chi connectivity index (χ0n) is 17.7. The Morgan fingerprint density at radius 2 is 1.94 bits per heavy atom. The normalized spacial score (nSPS) is 16.1. The Bertz CT molecular complexity index is 1170. The molecule has 6 nitrogen and oxygen atoms in total. The van der Waals surface area contributed by atoms with Crippen LogP contribution in [-0.2, 0) is 6.54 Å². The summed E-state index contributed by atoms with van der Waals surface area (Å²) in [6.07, 6.45) is 7.71. The molecule has 0 aliphatic carbocycles. The molecule has 1 amide bonds. The molecular weight excluding hydrogens is 418 g/mol. The van der Waals surface area contributed by atoms with Crippen LogP contribution in [0.15, 0.2) is 78.6 Å². The van der Waals surface area contributed by atoms with Crippen molar-refractivity contribution in [3.8, 4) is 0 Å². The fraction of sp³-hybridized carbons (Fsp3) is 0.240. The van der Waals surface area contributed by atoms with Crippen LogP contribution in [0.3, 0.4) is 0 Å². The standard InChI is InChI=1S/C25H25N5OS/c31-24(23-9-5-15-30(23)16-19-10-12-26-13-11-19)28-25-27-22(18-32-25)20-6-4-14-29(17-20)21-7-2-1-3-8-21/h1-3,5,7-13,15,18,20H,4,6,14,16-17H2,(H,27,28,31). The van der Waals surface area contributed by atoms with Gasteiger partial charge in [-0.1, -0.05) is 18.2 Å². The van der Waals surface area contributed by atoms with E-state index in [0.717, 1.165) is 37.2 Å². The average Bonchev–Trinajstić information content (AvgIpc) is 3.50. The minimum Gasteiger partial charge on any atom is -0.371 e. The van der Waals surface area contributed by atoms with Crippen molar-refractivity contribution in [2.45, 2.75) is 25.3 Å². The number of carbonyl (C=O) groups excluding carboxylic acids is 1. The predicted molar refractivity (Wildman–Crippen MR) is 128 cm³/mol. The van der Waals surface area contributed by atoms with Gasteiger partial charge in [-0.3, -0.25) is 15.1 Å². The van der Waals surface area contributed by atoms with Crippen LogP contribution in [-0.4, -0.2) is 33.5 Å². The lowest BCUT2D eigenvalue weighted by Crippen LogP contribution is -2.34. The van der Waals surface area contributed by atoms with Gasteiger partial charge in [0.15, 0.2) is 5.13 Å². The maximum atomic E-state index is 12.9. The largest absolute Gasteiger partial charge is 0.371 e. The summed E-state index contributed by atoms with van der Waals surface area (Å²) in [6, 6.07) is 18.2. The third-order valence-corrected chi connectivity index (χ3v) is 6.64. The number of benzene rings is 1. The van der Waals surface area contributed by atoms with Crippen LogP contribution in [0.4, 0.5) is 10.8 Å². The number of carbonyl (C=O) groups is 1. The summed E-state index contributed by atoms with van der Waals surface area (Å²) in [7, 11) is 0. The quantitative estimate of drug-likeness (QED) is 0.454. The van der Waals surface area contributed by atoms with Gasteiger partial charge >= 0.3 is 0 Å². The highest BCUT2D eigenvalue weighted by Crippen LogP contribution is 2.31. The van der Waals surface area contributed by atoms with Crippen molar-refractivity contribution in [2.75, 3.05) is 23.3 Å². The number of nitrogens with zero attached hydrogens (tertiary/aromatic N) is 4. The van der Waals surface area contributed by atoms with Gasteiger partial charge in [-0.2, -0.15) is 0 Å². The van der Waals surface area contributed by atoms with Crippen LogP contribution < -0.4 is 10.2 Å². The predicted octanol–water partition coefficient (Wildman–Crippen LogP) is 5.02. The summed E-state index contributed by atoms with van der Waals surface area (Å²) in [5.41, 5.74) is 4.04. The van der Waals surface area contributed by atoms with Gasteiger partial charge in [0, 0.05) is 55.2 Å².